The van der Waals surface area contributed by atoms with E-state index in [-0.39, 0.29) is 17.3 Å². The van der Waals surface area contributed by atoms with Gasteiger partial charge in [0.15, 0.2) is 0 Å². The SMILES string of the molecule is CC(C)(Cc1ccccc1)NC(=O)c1ccc(CN(c2ccccc2)S(=O)(=O)c2ccccc2)cc1. The highest BCUT2D eigenvalue weighted by molar-refractivity contribution is 7.92. The minimum Gasteiger partial charge on any atom is -0.347 e. The Balaban J connectivity index is 1.52. The lowest BCUT2D eigenvalue weighted by molar-refractivity contribution is 0.0913. The molecule has 0 saturated carbocycles. The molecule has 184 valence electrons. The maximum absolute atomic E-state index is 13.5. The highest BCUT2D eigenvalue weighted by Gasteiger charge is 2.25. The summed E-state index contributed by atoms with van der Waals surface area (Å²) in [5.41, 5.74) is 2.60. The average molecular weight is 499 g/mol. The monoisotopic (exact) mass is 498 g/mol. The van der Waals surface area contributed by atoms with Crippen molar-refractivity contribution in [1.29, 1.82) is 0 Å². The summed E-state index contributed by atoms with van der Waals surface area (Å²) in [6.45, 7) is 4.14. The van der Waals surface area contributed by atoms with Crippen LogP contribution in [0.2, 0.25) is 0 Å². The second-order valence-corrected chi connectivity index (χ2v) is 11.2. The first kappa shape index (κ1) is 25.2. The standard InChI is InChI=1S/C30H30N2O3S/c1-30(2,22-24-12-6-3-7-13-24)31-29(33)26-20-18-25(19-21-26)23-32(27-14-8-4-9-15-27)36(34,35)28-16-10-5-11-17-28/h3-21H,22-23H2,1-2H3,(H,31,33). The Hall–Kier alpha value is -3.90. The van der Waals surface area contributed by atoms with Crippen LogP contribution in [0.15, 0.2) is 120 Å². The number of carbonyl (C=O) groups excluding carboxylic acids is 1. The molecule has 4 aromatic rings. The van der Waals surface area contributed by atoms with Gasteiger partial charge in [0.25, 0.3) is 15.9 Å². The van der Waals surface area contributed by atoms with Crippen LogP contribution in [-0.2, 0) is 23.0 Å². The van der Waals surface area contributed by atoms with Gasteiger partial charge < -0.3 is 5.32 Å². The van der Waals surface area contributed by atoms with Crippen molar-refractivity contribution in [2.24, 2.45) is 0 Å². The fraction of sp³-hybridized carbons (Fsp3) is 0.167. The van der Waals surface area contributed by atoms with E-state index in [1.807, 2.05) is 62.4 Å². The number of amides is 1. The highest BCUT2D eigenvalue weighted by atomic mass is 32.2. The smallest absolute Gasteiger partial charge is 0.264 e. The largest absolute Gasteiger partial charge is 0.347 e. The van der Waals surface area contributed by atoms with Crippen LogP contribution in [0.4, 0.5) is 5.69 Å². The van der Waals surface area contributed by atoms with Crippen LogP contribution in [0.1, 0.15) is 35.3 Å². The minimum atomic E-state index is -3.78. The molecule has 0 aliphatic rings. The molecule has 0 aliphatic heterocycles. The van der Waals surface area contributed by atoms with Gasteiger partial charge in [-0.3, -0.25) is 9.10 Å². The van der Waals surface area contributed by atoms with E-state index in [9.17, 15) is 13.2 Å². The predicted octanol–water partition coefficient (Wildman–Crippen LogP) is 5.83. The molecule has 4 rings (SSSR count). The highest BCUT2D eigenvalue weighted by Crippen LogP contribution is 2.26. The van der Waals surface area contributed by atoms with Crippen molar-refractivity contribution < 1.29 is 13.2 Å². The number of para-hydroxylation sites is 1. The number of rotatable bonds is 9. The van der Waals surface area contributed by atoms with E-state index >= 15 is 0 Å². The Labute approximate surface area is 213 Å². The summed E-state index contributed by atoms with van der Waals surface area (Å²) in [6.07, 6.45) is 0.709. The van der Waals surface area contributed by atoms with Gasteiger partial charge in [0.1, 0.15) is 0 Å². The van der Waals surface area contributed by atoms with Crippen molar-refractivity contribution in [2.75, 3.05) is 4.31 Å². The summed E-state index contributed by atoms with van der Waals surface area (Å²) in [4.78, 5) is 13.2. The lowest BCUT2D eigenvalue weighted by Crippen LogP contribution is -2.45. The van der Waals surface area contributed by atoms with Gasteiger partial charge in [0.05, 0.1) is 17.1 Å². The van der Waals surface area contributed by atoms with Crippen molar-refractivity contribution in [1.82, 2.24) is 5.32 Å². The second-order valence-electron chi connectivity index (χ2n) is 9.36. The summed E-state index contributed by atoms with van der Waals surface area (Å²) >= 11 is 0. The van der Waals surface area contributed by atoms with Crippen LogP contribution in [0.5, 0.6) is 0 Å². The molecule has 0 unspecified atom stereocenters. The van der Waals surface area contributed by atoms with Crippen molar-refractivity contribution in [2.45, 2.75) is 37.2 Å². The maximum atomic E-state index is 13.5. The molecule has 1 amide bonds. The Morgan fingerprint density at radius 1 is 0.722 bits per heavy atom. The van der Waals surface area contributed by atoms with Crippen LogP contribution in [-0.4, -0.2) is 19.9 Å². The van der Waals surface area contributed by atoms with Gasteiger partial charge in [-0.25, -0.2) is 8.42 Å². The van der Waals surface area contributed by atoms with Gasteiger partial charge in [0.2, 0.25) is 0 Å². The third kappa shape index (κ3) is 6.20. The van der Waals surface area contributed by atoms with Crippen molar-refractivity contribution in [3.05, 3.63) is 132 Å². The number of anilines is 1. The molecular weight excluding hydrogens is 468 g/mol. The maximum Gasteiger partial charge on any atom is 0.264 e. The van der Waals surface area contributed by atoms with Gasteiger partial charge in [-0.2, -0.15) is 0 Å². The number of hydrogen-bond donors (Lipinski definition) is 1. The van der Waals surface area contributed by atoms with Gasteiger partial charge in [-0.15, -0.1) is 0 Å². The number of sulfonamides is 1. The van der Waals surface area contributed by atoms with Gasteiger partial charge in [-0.1, -0.05) is 78.9 Å². The minimum absolute atomic E-state index is 0.142. The molecule has 0 saturated heterocycles. The van der Waals surface area contributed by atoms with E-state index in [0.717, 1.165) is 11.1 Å². The molecule has 6 heteroatoms. The molecular formula is C30H30N2O3S. The summed E-state index contributed by atoms with van der Waals surface area (Å²) < 4.78 is 28.4. The van der Waals surface area contributed by atoms with Gasteiger partial charge in [-0.05, 0) is 67.8 Å². The summed E-state index contributed by atoms with van der Waals surface area (Å²) in [5.74, 6) is -0.167. The Morgan fingerprint density at radius 2 is 1.25 bits per heavy atom. The van der Waals surface area contributed by atoms with Crippen molar-refractivity contribution >= 4 is 21.6 Å². The van der Waals surface area contributed by atoms with Gasteiger partial charge >= 0.3 is 0 Å². The molecule has 4 aromatic carbocycles. The molecule has 0 aliphatic carbocycles. The molecule has 0 atom stereocenters. The first-order chi connectivity index (χ1) is 17.2. The van der Waals surface area contributed by atoms with E-state index in [1.165, 1.54) is 4.31 Å². The van der Waals surface area contributed by atoms with Crippen LogP contribution >= 0.6 is 0 Å². The molecule has 36 heavy (non-hydrogen) atoms. The number of nitrogens with one attached hydrogen (secondary N) is 1. The molecule has 5 nitrogen and oxygen atoms in total. The zero-order chi connectivity index (χ0) is 25.6. The molecule has 0 aromatic heterocycles. The molecule has 1 N–H and O–H groups in total. The fourth-order valence-electron chi connectivity index (χ4n) is 4.09. The van der Waals surface area contributed by atoms with E-state index in [4.69, 9.17) is 0 Å². The second kappa shape index (κ2) is 10.8. The number of nitrogens with zero attached hydrogens (tertiary/aromatic N) is 1. The van der Waals surface area contributed by atoms with Crippen LogP contribution in [0.3, 0.4) is 0 Å². The van der Waals surface area contributed by atoms with E-state index in [0.29, 0.717) is 17.7 Å². The molecule has 0 spiro atoms. The summed E-state index contributed by atoms with van der Waals surface area (Å²) in [6, 6.07) is 34.5. The number of hydrogen-bond acceptors (Lipinski definition) is 3. The average Bonchev–Trinajstić information content (AvgIpc) is 2.88. The zero-order valence-corrected chi connectivity index (χ0v) is 21.3. The summed E-state index contributed by atoms with van der Waals surface area (Å²) in [5, 5.41) is 3.11. The molecule has 0 bridgehead atoms. The zero-order valence-electron chi connectivity index (χ0n) is 20.5. The predicted molar refractivity (Wildman–Crippen MR) is 144 cm³/mol. The van der Waals surface area contributed by atoms with Gasteiger partial charge in [0, 0.05) is 11.1 Å². The quantitative estimate of drug-likeness (QED) is 0.316. The van der Waals surface area contributed by atoms with Crippen molar-refractivity contribution in [3.8, 4) is 0 Å². The van der Waals surface area contributed by atoms with E-state index in [1.54, 1.807) is 66.7 Å². The Bertz CT molecular complexity index is 1390. The molecule has 0 heterocycles. The van der Waals surface area contributed by atoms with E-state index in [2.05, 4.69) is 5.32 Å². The summed E-state index contributed by atoms with van der Waals surface area (Å²) in [7, 11) is -3.78. The van der Waals surface area contributed by atoms with E-state index < -0.39 is 15.6 Å². The first-order valence-electron chi connectivity index (χ1n) is 11.8. The van der Waals surface area contributed by atoms with Crippen molar-refractivity contribution in [3.63, 3.8) is 0 Å². The van der Waals surface area contributed by atoms with Crippen LogP contribution in [0.25, 0.3) is 0 Å². The molecule has 0 radical (unpaired) electrons. The Kier molecular flexibility index (Phi) is 7.55. The lowest BCUT2D eigenvalue weighted by Gasteiger charge is -2.27. The topological polar surface area (TPSA) is 66.5 Å². The van der Waals surface area contributed by atoms with Crippen LogP contribution in [0, 0.1) is 0 Å². The number of benzene rings is 4. The normalized spacial score (nSPS) is 11.6. The fourth-order valence-corrected chi connectivity index (χ4v) is 5.56. The molecule has 0 fully saturated rings. The lowest BCUT2D eigenvalue weighted by atomic mass is 9.94. The Morgan fingerprint density at radius 3 is 1.83 bits per heavy atom. The first-order valence-corrected chi connectivity index (χ1v) is 13.3. The third-order valence-electron chi connectivity index (χ3n) is 5.86. The third-order valence-corrected chi connectivity index (χ3v) is 7.65. The van der Waals surface area contributed by atoms with Crippen LogP contribution < -0.4 is 9.62 Å². The number of carbonyl (C=O) groups is 1.